The standard InChI is InChI=1S/C12H10N4S2/c1-7-10(9-6-17-12(13)16-9)18-11(15-7)8-3-2-4-14-5-8/h2-6H,1H3,(H2,13,16). The van der Waals surface area contributed by atoms with Gasteiger partial charge in [0.2, 0.25) is 0 Å². The van der Waals surface area contributed by atoms with Crippen LogP contribution in [0.2, 0.25) is 0 Å². The minimum atomic E-state index is 0.584. The number of aryl methyl sites for hydroxylation is 1. The molecule has 0 spiro atoms. The molecule has 0 unspecified atom stereocenters. The average molecular weight is 274 g/mol. The summed E-state index contributed by atoms with van der Waals surface area (Å²) in [6.45, 7) is 1.99. The number of nitrogen functional groups attached to an aromatic ring is 1. The molecule has 0 aliphatic carbocycles. The molecule has 0 amide bonds. The van der Waals surface area contributed by atoms with Gasteiger partial charge in [-0.3, -0.25) is 4.98 Å². The van der Waals surface area contributed by atoms with E-state index < -0.39 is 0 Å². The van der Waals surface area contributed by atoms with Crippen LogP contribution in [0.15, 0.2) is 29.9 Å². The van der Waals surface area contributed by atoms with Gasteiger partial charge in [0.15, 0.2) is 5.13 Å². The molecule has 0 aliphatic heterocycles. The van der Waals surface area contributed by atoms with Crippen molar-refractivity contribution in [3.05, 3.63) is 35.6 Å². The molecule has 0 aromatic carbocycles. The lowest BCUT2D eigenvalue weighted by Crippen LogP contribution is -1.82. The SMILES string of the molecule is Cc1nc(-c2cccnc2)sc1-c1csc(N)n1. The van der Waals surface area contributed by atoms with Crippen LogP contribution in [0, 0.1) is 6.92 Å². The van der Waals surface area contributed by atoms with Crippen LogP contribution in [0.1, 0.15) is 5.69 Å². The molecule has 2 N–H and O–H groups in total. The number of nitrogens with two attached hydrogens (primary N) is 1. The molecule has 0 fully saturated rings. The number of hydrogen-bond donors (Lipinski definition) is 1. The van der Waals surface area contributed by atoms with Crippen molar-refractivity contribution in [1.29, 1.82) is 0 Å². The van der Waals surface area contributed by atoms with Crippen LogP contribution in [0.25, 0.3) is 21.1 Å². The predicted octanol–water partition coefficient (Wildman–Crippen LogP) is 3.22. The molecule has 3 rings (SSSR count). The van der Waals surface area contributed by atoms with Gasteiger partial charge in [-0.1, -0.05) is 0 Å². The summed E-state index contributed by atoms with van der Waals surface area (Å²) in [6.07, 6.45) is 3.57. The first kappa shape index (κ1) is 11.3. The number of thiazole rings is 2. The highest BCUT2D eigenvalue weighted by atomic mass is 32.1. The Kier molecular flexibility index (Phi) is 2.81. The van der Waals surface area contributed by atoms with Crippen LogP contribution in [-0.4, -0.2) is 15.0 Å². The van der Waals surface area contributed by atoms with Gasteiger partial charge in [0.1, 0.15) is 5.01 Å². The summed E-state index contributed by atoms with van der Waals surface area (Å²) >= 11 is 3.06. The lowest BCUT2D eigenvalue weighted by Gasteiger charge is -1.92. The summed E-state index contributed by atoms with van der Waals surface area (Å²) in [5, 5.41) is 3.51. The van der Waals surface area contributed by atoms with Gasteiger partial charge in [0.25, 0.3) is 0 Å². The Morgan fingerprint density at radius 1 is 1.28 bits per heavy atom. The minimum absolute atomic E-state index is 0.584. The normalized spacial score (nSPS) is 10.7. The van der Waals surface area contributed by atoms with E-state index in [4.69, 9.17) is 5.73 Å². The molecule has 3 heterocycles. The fraction of sp³-hybridized carbons (Fsp3) is 0.0833. The number of pyridine rings is 1. The number of aromatic nitrogens is 3. The molecule has 6 heteroatoms. The Bertz CT molecular complexity index is 672. The lowest BCUT2D eigenvalue weighted by atomic mass is 10.3. The van der Waals surface area contributed by atoms with Gasteiger partial charge in [-0.25, -0.2) is 9.97 Å². The molecule has 0 saturated heterocycles. The van der Waals surface area contributed by atoms with Crippen LogP contribution in [0.3, 0.4) is 0 Å². The Labute approximate surface area is 112 Å². The molecule has 0 bridgehead atoms. The van der Waals surface area contributed by atoms with Gasteiger partial charge in [-0.2, -0.15) is 0 Å². The third-order valence-corrected chi connectivity index (χ3v) is 4.36. The van der Waals surface area contributed by atoms with Gasteiger partial charge >= 0.3 is 0 Å². The molecule has 18 heavy (non-hydrogen) atoms. The first-order chi connectivity index (χ1) is 8.74. The highest BCUT2D eigenvalue weighted by Crippen LogP contribution is 2.35. The van der Waals surface area contributed by atoms with Crippen molar-refractivity contribution in [2.45, 2.75) is 6.92 Å². The molecular formula is C12H10N4S2. The third kappa shape index (κ3) is 2.00. The zero-order valence-electron chi connectivity index (χ0n) is 9.62. The largest absolute Gasteiger partial charge is 0.375 e. The van der Waals surface area contributed by atoms with E-state index in [2.05, 4.69) is 15.0 Å². The monoisotopic (exact) mass is 274 g/mol. The maximum absolute atomic E-state index is 5.67. The Hall–Kier alpha value is -1.79. The van der Waals surface area contributed by atoms with Crippen LogP contribution >= 0.6 is 22.7 Å². The zero-order valence-corrected chi connectivity index (χ0v) is 11.3. The topological polar surface area (TPSA) is 64.7 Å². The third-order valence-electron chi connectivity index (χ3n) is 2.46. The molecule has 90 valence electrons. The summed E-state index contributed by atoms with van der Waals surface area (Å²) in [6, 6.07) is 3.91. The summed E-state index contributed by atoms with van der Waals surface area (Å²) < 4.78 is 0. The van der Waals surface area contributed by atoms with E-state index in [1.807, 2.05) is 30.6 Å². The van der Waals surface area contributed by atoms with Crippen molar-refractivity contribution < 1.29 is 0 Å². The number of anilines is 1. The number of nitrogens with zero attached hydrogens (tertiary/aromatic N) is 3. The van der Waals surface area contributed by atoms with Crippen LogP contribution < -0.4 is 5.73 Å². The van der Waals surface area contributed by atoms with E-state index in [0.29, 0.717) is 5.13 Å². The second-order valence-electron chi connectivity index (χ2n) is 3.75. The average Bonchev–Trinajstić information content (AvgIpc) is 2.97. The van der Waals surface area contributed by atoms with Crippen molar-refractivity contribution in [1.82, 2.24) is 15.0 Å². The van der Waals surface area contributed by atoms with E-state index in [-0.39, 0.29) is 0 Å². The van der Waals surface area contributed by atoms with E-state index in [9.17, 15) is 0 Å². The Morgan fingerprint density at radius 2 is 2.17 bits per heavy atom. The second kappa shape index (κ2) is 4.47. The quantitative estimate of drug-likeness (QED) is 0.779. The highest BCUT2D eigenvalue weighted by Gasteiger charge is 2.13. The summed E-state index contributed by atoms with van der Waals surface area (Å²) in [5.74, 6) is 0. The van der Waals surface area contributed by atoms with Gasteiger partial charge in [0, 0.05) is 23.3 Å². The fourth-order valence-electron chi connectivity index (χ4n) is 1.64. The van der Waals surface area contributed by atoms with Gasteiger partial charge in [0.05, 0.1) is 16.3 Å². The molecule has 0 aliphatic rings. The zero-order chi connectivity index (χ0) is 12.5. The molecule has 3 aromatic heterocycles. The van der Waals surface area contributed by atoms with Crippen LogP contribution in [-0.2, 0) is 0 Å². The maximum atomic E-state index is 5.67. The first-order valence-electron chi connectivity index (χ1n) is 5.33. The van der Waals surface area contributed by atoms with Gasteiger partial charge < -0.3 is 5.73 Å². The van der Waals surface area contributed by atoms with E-state index >= 15 is 0 Å². The molecule has 3 aromatic rings. The molecule has 4 nitrogen and oxygen atoms in total. The van der Waals surface area contributed by atoms with Gasteiger partial charge in [-0.15, -0.1) is 22.7 Å². The molecule has 0 atom stereocenters. The van der Waals surface area contributed by atoms with E-state index in [1.165, 1.54) is 11.3 Å². The van der Waals surface area contributed by atoms with Crippen molar-refractivity contribution in [3.63, 3.8) is 0 Å². The van der Waals surface area contributed by atoms with Crippen molar-refractivity contribution in [2.24, 2.45) is 0 Å². The second-order valence-corrected chi connectivity index (χ2v) is 5.63. The maximum Gasteiger partial charge on any atom is 0.180 e. The molecular weight excluding hydrogens is 264 g/mol. The minimum Gasteiger partial charge on any atom is -0.375 e. The van der Waals surface area contributed by atoms with E-state index in [1.54, 1.807) is 17.5 Å². The molecule has 0 radical (unpaired) electrons. The van der Waals surface area contributed by atoms with E-state index in [0.717, 1.165) is 26.8 Å². The number of rotatable bonds is 2. The summed E-state index contributed by atoms with van der Waals surface area (Å²) in [4.78, 5) is 14.0. The summed E-state index contributed by atoms with van der Waals surface area (Å²) in [5.41, 5.74) is 8.57. The highest BCUT2D eigenvalue weighted by molar-refractivity contribution is 7.19. The fourth-order valence-corrected chi connectivity index (χ4v) is 3.28. The number of hydrogen-bond acceptors (Lipinski definition) is 6. The Balaban J connectivity index is 2.06. The van der Waals surface area contributed by atoms with Crippen molar-refractivity contribution in [2.75, 3.05) is 5.73 Å². The van der Waals surface area contributed by atoms with Gasteiger partial charge in [-0.05, 0) is 19.1 Å². The first-order valence-corrected chi connectivity index (χ1v) is 7.03. The van der Waals surface area contributed by atoms with Crippen molar-refractivity contribution in [3.8, 4) is 21.1 Å². The van der Waals surface area contributed by atoms with Crippen LogP contribution in [0.5, 0.6) is 0 Å². The summed E-state index contributed by atoms with van der Waals surface area (Å²) in [7, 11) is 0. The molecule has 0 saturated carbocycles. The predicted molar refractivity (Wildman–Crippen MR) is 75.6 cm³/mol. The van der Waals surface area contributed by atoms with Crippen LogP contribution in [0.4, 0.5) is 5.13 Å². The smallest absolute Gasteiger partial charge is 0.180 e. The lowest BCUT2D eigenvalue weighted by molar-refractivity contribution is 1.25. The van der Waals surface area contributed by atoms with Crippen molar-refractivity contribution >= 4 is 27.8 Å². The Morgan fingerprint density at radius 3 is 2.83 bits per heavy atom.